The molecule has 0 aliphatic heterocycles. The van der Waals surface area contributed by atoms with E-state index in [0.29, 0.717) is 12.5 Å². The second-order valence-electron chi connectivity index (χ2n) is 6.91. The maximum Gasteiger partial charge on any atom is 0.275 e. The average molecular weight is 369 g/mol. The monoisotopic (exact) mass is 368 g/mol. The van der Waals surface area contributed by atoms with Gasteiger partial charge in [0.05, 0.1) is 12.2 Å². The summed E-state index contributed by atoms with van der Waals surface area (Å²) in [5, 5.41) is 5.65. The minimum Gasteiger partial charge on any atom is -0.366 e. The highest BCUT2D eigenvalue weighted by Gasteiger charge is 2.21. The van der Waals surface area contributed by atoms with Crippen LogP contribution in [-0.4, -0.2) is 21.1 Å². The maximum absolute atomic E-state index is 12.6. The number of aromatic nitrogens is 3. The van der Waals surface area contributed by atoms with E-state index in [1.54, 1.807) is 17.4 Å². The Labute approximate surface area is 157 Å². The number of hydrogen-bond acceptors (Lipinski definition) is 5. The van der Waals surface area contributed by atoms with Crippen molar-refractivity contribution in [2.45, 2.75) is 51.5 Å². The lowest BCUT2D eigenvalue weighted by Crippen LogP contribution is -2.24. The van der Waals surface area contributed by atoms with E-state index in [0.717, 1.165) is 27.9 Å². The molecule has 0 radical (unpaired) electrons. The summed E-state index contributed by atoms with van der Waals surface area (Å²) in [5.74, 6) is 0.495. The van der Waals surface area contributed by atoms with Crippen LogP contribution in [0.1, 0.15) is 55.6 Å². The third-order valence-corrected chi connectivity index (χ3v) is 6.19. The van der Waals surface area contributed by atoms with Crippen LogP contribution in [-0.2, 0) is 6.54 Å². The molecule has 0 bridgehead atoms. The summed E-state index contributed by atoms with van der Waals surface area (Å²) in [6, 6.07) is 11.9. The van der Waals surface area contributed by atoms with Gasteiger partial charge in [0.1, 0.15) is 5.01 Å². The molecule has 0 atom stereocenters. The van der Waals surface area contributed by atoms with Crippen molar-refractivity contribution in [2.75, 3.05) is 11.4 Å². The standard InChI is InChI=1S/C20H24N4OS/c1-2-23(17-11-7-4-8-12-17)14-16-13-18(25)24-20(21-16)26-19(22-24)15-9-5-3-6-10-15/h4,7-8,11-13,15H,2-3,5-6,9-10,14H2,1H3. The molecular formula is C20H24N4OS. The summed E-state index contributed by atoms with van der Waals surface area (Å²) in [5.41, 5.74) is 1.87. The van der Waals surface area contributed by atoms with Crippen LogP contribution in [0.2, 0.25) is 0 Å². The lowest BCUT2D eigenvalue weighted by atomic mass is 9.90. The van der Waals surface area contributed by atoms with Gasteiger partial charge in [-0.2, -0.15) is 9.61 Å². The van der Waals surface area contributed by atoms with Crippen molar-refractivity contribution in [3.05, 3.63) is 57.5 Å². The molecule has 4 rings (SSSR count). The van der Waals surface area contributed by atoms with Gasteiger partial charge in [-0.1, -0.05) is 48.8 Å². The van der Waals surface area contributed by atoms with Crippen molar-refractivity contribution in [1.29, 1.82) is 0 Å². The molecule has 0 unspecified atom stereocenters. The molecular weight excluding hydrogens is 344 g/mol. The molecule has 3 aromatic rings. The molecule has 136 valence electrons. The van der Waals surface area contributed by atoms with Gasteiger partial charge in [0.15, 0.2) is 0 Å². The number of nitrogens with zero attached hydrogens (tertiary/aromatic N) is 4. The molecule has 1 saturated carbocycles. The Kier molecular flexibility index (Phi) is 5.02. The van der Waals surface area contributed by atoms with Crippen molar-refractivity contribution < 1.29 is 0 Å². The smallest absolute Gasteiger partial charge is 0.275 e. The second kappa shape index (κ2) is 7.58. The van der Waals surface area contributed by atoms with E-state index in [4.69, 9.17) is 4.98 Å². The Morgan fingerprint density at radius 2 is 1.96 bits per heavy atom. The van der Waals surface area contributed by atoms with Crippen LogP contribution in [0.15, 0.2) is 41.2 Å². The molecule has 26 heavy (non-hydrogen) atoms. The van der Waals surface area contributed by atoms with Gasteiger partial charge in [0.25, 0.3) is 5.56 Å². The van der Waals surface area contributed by atoms with Gasteiger partial charge in [0.2, 0.25) is 4.96 Å². The molecule has 0 saturated heterocycles. The Morgan fingerprint density at radius 1 is 1.19 bits per heavy atom. The fourth-order valence-corrected chi connectivity index (χ4v) is 4.78. The zero-order valence-electron chi connectivity index (χ0n) is 15.1. The summed E-state index contributed by atoms with van der Waals surface area (Å²) in [4.78, 5) is 20.2. The molecule has 2 aromatic heterocycles. The van der Waals surface area contributed by atoms with E-state index < -0.39 is 0 Å². The molecule has 1 aliphatic carbocycles. The molecule has 1 fully saturated rings. The zero-order chi connectivity index (χ0) is 17.9. The maximum atomic E-state index is 12.6. The summed E-state index contributed by atoms with van der Waals surface area (Å²) >= 11 is 1.58. The van der Waals surface area contributed by atoms with E-state index in [9.17, 15) is 4.79 Å². The number of para-hydroxylation sites is 1. The van der Waals surface area contributed by atoms with E-state index in [1.165, 1.54) is 36.6 Å². The van der Waals surface area contributed by atoms with Gasteiger partial charge in [-0.15, -0.1) is 0 Å². The first-order valence-corrected chi connectivity index (χ1v) is 10.3. The van der Waals surface area contributed by atoms with Crippen LogP contribution in [0.25, 0.3) is 4.96 Å². The predicted molar refractivity (Wildman–Crippen MR) is 106 cm³/mol. The fourth-order valence-electron chi connectivity index (χ4n) is 3.69. The lowest BCUT2D eigenvalue weighted by Gasteiger charge is -2.22. The molecule has 1 aliphatic rings. The molecule has 0 spiro atoms. The van der Waals surface area contributed by atoms with Crippen molar-refractivity contribution >= 4 is 22.0 Å². The van der Waals surface area contributed by atoms with E-state index in [2.05, 4.69) is 29.1 Å². The Bertz CT molecular complexity index is 928. The third-order valence-electron chi connectivity index (χ3n) is 5.12. The number of benzene rings is 1. The summed E-state index contributed by atoms with van der Waals surface area (Å²) in [6.07, 6.45) is 6.20. The first-order valence-electron chi connectivity index (χ1n) is 9.44. The number of hydrogen-bond donors (Lipinski definition) is 0. The Balaban J connectivity index is 1.63. The van der Waals surface area contributed by atoms with Gasteiger partial charge in [0, 0.05) is 24.2 Å². The van der Waals surface area contributed by atoms with E-state index in [-0.39, 0.29) is 5.56 Å². The third kappa shape index (κ3) is 3.51. The topological polar surface area (TPSA) is 50.5 Å². The van der Waals surface area contributed by atoms with Crippen LogP contribution >= 0.6 is 11.3 Å². The fraction of sp³-hybridized carbons (Fsp3) is 0.450. The molecule has 6 heteroatoms. The second-order valence-corrected chi connectivity index (χ2v) is 7.89. The highest BCUT2D eigenvalue weighted by Crippen LogP contribution is 2.34. The average Bonchev–Trinajstić information content (AvgIpc) is 3.12. The normalized spacial score (nSPS) is 15.4. The first kappa shape index (κ1) is 17.2. The summed E-state index contributed by atoms with van der Waals surface area (Å²) < 4.78 is 1.48. The zero-order valence-corrected chi connectivity index (χ0v) is 15.9. The van der Waals surface area contributed by atoms with E-state index in [1.807, 2.05) is 18.2 Å². The van der Waals surface area contributed by atoms with Gasteiger partial charge in [-0.25, -0.2) is 4.98 Å². The number of rotatable bonds is 5. The largest absolute Gasteiger partial charge is 0.366 e. The van der Waals surface area contributed by atoms with Gasteiger partial charge in [-0.05, 0) is 31.9 Å². The minimum absolute atomic E-state index is 0.0765. The molecule has 5 nitrogen and oxygen atoms in total. The van der Waals surface area contributed by atoms with Gasteiger partial charge >= 0.3 is 0 Å². The highest BCUT2D eigenvalue weighted by atomic mass is 32.1. The minimum atomic E-state index is -0.0765. The molecule has 1 aromatic carbocycles. The molecule has 0 amide bonds. The Hall–Kier alpha value is -2.21. The number of anilines is 1. The summed E-state index contributed by atoms with van der Waals surface area (Å²) in [7, 11) is 0. The van der Waals surface area contributed by atoms with Gasteiger partial charge in [-0.3, -0.25) is 4.79 Å². The van der Waals surface area contributed by atoms with Gasteiger partial charge < -0.3 is 4.90 Å². The van der Waals surface area contributed by atoms with Crippen molar-refractivity contribution in [2.24, 2.45) is 0 Å². The highest BCUT2D eigenvalue weighted by molar-refractivity contribution is 7.16. The van der Waals surface area contributed by atoms with Crippen LogP contribution in [0.4, 0.5) is 5.69 Å². The SMILES string of the molecule is CCN(Cc1cc(=O)n2nc(C3CCCCC3)sc2n1)c1ccccc1. The van der Waals surface area contributed by atoms with Crippen molar-refractivity contribution in [3.63, 3.8) is 0 Å². The first-order chi connectivity index (χ1) is 12.7. The van der Waals surface area contributed by atoms with Crippen LogP contribution < -0.4 is 10.5 Å². The van der Waals surface area contributed by atoms with Crippen LogP contribution in [0.5, 0.6) is 0 Å². The lowest BCUT2D eigenvalue weighted by molar-refractivity contribution is 0.439. The van der Waals surface area contributed by atoms with Crippen LogP contribution in [0.3, 0.4) is 0 Å². The summed E-state index contributed by atoms with van der Waals surface area (Å²) in [6.45, 7) is 3.61. The van der Waals surface area contributed by atoms with Crippen molar-refractivity contribution in [1.82, 2.24) is 14.6 Å². The quantitative estimate of drug-likeness (QED) is 0.676. The molecule has 0 N–H and O–H groups in total. The van der Waals surface area contributed by atoms with Crippen LogP contribution in [0, 0.1) is 0 Å². The van der Waals surface area contributed by atoms with Crippen molar-refractivity contribution in [3.8, 4) is 0 Å². The Morgan fingerprint density at radius 3 is 2.69 bits per heavy atom. The number of fused-ring (bicyclic) bond motifs is 1. The molecule has 2 heterocycles. The predicted octanol–water partition coefficient (Wildman–Crippen LogP) is 4.23. The van der Waals surface area contributed by atoms with E-state index >= 15 is 0 Å².